The fourth-order valence-corrected chi connectivity index (χ4v) is 2.66. The van der Waals surface area contributed by atoms with Crippen LogP contribution in [0.3, 0.4) is 0 Å². The number of aliphatic hydroxyl groups is 1. The van der Waals surface area contributed by atoms with E-state index in [-0.39, 0.29) is 6.10 Å². The van der Waals surface area contributed by atoms with Crippen molar-refractivity contribution in [2.24, 2.45) is 0 Å². The molecule has 0 aliphatic rings. The molecule has 0 saturated carbocycles. The summed E-state index contributed by atoms with van der Waals surface area (Å²) in [5.74, 6) is 0. The van der Waals surface area contributed by atoms with Gasteiger partial charge in [0, 0.05) is 14.2 Å². The van der Waals surface area contributed by atoms with Crippen LogP contribution >= 0.6 is 0 Å². The predicted octanol–water partition coefficient (Wildman–Crippen LogP) is 1.71. The Balaban J connectivity index is 3.39. The highest BCUT2D eigenvalue weighted by molar-refractivity contribution is 6.76. The molecule has 50 valence electrons. The molecule has 0 aromatic carbocycles. The van der Waals surface area contributed by atoms with Crippen LogP contribution in [0.4, 0.5) is 0 Å². The number of rotatable bonds is 2. The van der Waals surface area contributed by atoms with E-state index in [0.717, 1.165) is 6.04 Å². The third kappa shape index (κ3) is 6.18. The minimum absolute atomic E-state index is 0.0957. The van der Waals surface area contributed by atoms with Crippen molar-refractivity contribution in [2.45, 2.75) is 38.7 Å². The van der Waals surface area contributed by atoms with E-state index in [4.69, 9.17) is 5.11 Å². The molecule has 0 fully saturated rings. The van der Waals surface area contributed by atoms with Crippen LogP contribution in [0.15, 0.2) is 0 Å². The van der Waals surface area contributed by atoms with Crippen LogP contribution in [0, 0.1) is 0 Å². The summed E-state index contributed by atoms with van der Waals surface area (Å²) in [6.45, 7) is 8.65. The van der Waals surface area contributed by atoms with Gasteiger partial charge >= 0.3 is 0 Å². The molecule has 0 aliphatic carbocycles. The van der Waals surface area contributed by atoms with Gasteiger partial charge in [-0.2, -0.15) is 0 Å². The van der Waals surface area contributed by atoms with Crippen LogP contribution in [0.5, 0.6) is 0 Å². The fourth-order valence-electron chi connectivity index (χ4n) is 0.886. The summed E-state index contributed by atoms with van der Waals surface area (Å²) in [7, 11) is -0.970. The molecular weight excluding hydrogens is 116 g/mol. The molecule has 0 aliphatic heterocycles. The number of hydrogen-bond acceptors (Lipinski definition) is 1. The predicted molar refractivity (Wildman–Crippen MR) is 39.8 cm³/mol. The summed E-state index contributed by atoms with van der Waals surface area (Å²) in [5, 5.41) is 8.92. The standard InChI is InChI=1S/C6H16OSi/c1-6(7)5-8(2,3)4/h6-7H,5H2,1-4H3. The van der Waals surface area contributed by atoms with Gasteiger partial charge in [-0.3, -0.25) is 0 Å². The molecule has 0 aromatic heterocycles. The lowest BCUT2D eigenvalue weighted by molar-refractivity contribution is 0.214. The van der Waals surface area contributed by atoms with E-state index < -0.39 is 8.07 Å². The fraction of sp³-hybridized carbons (Fsp3) is 1.00. The Morgan fingerprint density at radius 3 is 1.75 bits per heavy atom. The highest BCUT2D eigenvalue weighted by Gasteiger charge is 2.14. The van der Waals surface area contributed by atoms with Crippen LogP contribution < -0.4 is 0 Å². The van der Waals surface area contributed by atoms with E-state index in [1.807, 2.05) is 6.92 Å². The van der Waals surface area contributed by atoms with E-state index >= 15 is 0 Å². The molecule has 1 atom stereocenters. The van der Waals surface area contributed by atoms with E-state index in [0.29, 0.717) is 0 Å². The largest absolute Gasteiger partial charge is 0.394 e. The number of hydrogen-bond donors (Lipinski definition) is 1. The Kier molecular flexibility index (Phi) is 2.70. The summed E-state index contributed by atoms with van der Waals surface area (Å²) >= 11 is 0. The van der Waals surface area contributed by atoms with Gasteiger partial charge < -0.3 is 5.11 Å². The lowest BCUT2D eigenvalue weighted by Crippen LogP contribution is -2.24. The maximum absolute atomic E-state index is 8.92. The van der Waals surface area contributed by atoms with Crippen LogP contribution in [-0.4, -0.2) is 19.3 Å². The van der Waals surface area contributed by atoms with Crippen LogP contribution in [0.2, 0.25) is 25.7 Å². The quantitative estimate of drug-likeness (QED) is 0.567. The van der Waals surface area contributed by atoms with E-state index in [2.05, 4.69) is 19.6 Å². The second kappa shape index (κ2) is 2.64. The molecule has 0 spiro atoms. The molecule has 0 bridgehead atoms. The second-order valence-electron chi connectivity index (χ2n) is 3.61. The van der Waals surface area contributed by atoms with Gasteiger partial charge in [-0.1, -0.05) is 19.6 Å². The first-order valence-electron chi connectivity index (χ1n) is 3.10. The Hall–Kier alpha value is 0.177. The van der Waals surface area contributed by atoms with Gasteiger partial charge in [0.05, 0.1) is 0 Å². The second-order valence-corrected chi connectivity index (χ2v) is 9.14. The van der Waals surface area contributed by atoms with Gasteiger partial charge in [0.15, 0.2) is 0 Å². The number of aliphatic hydroxyl groups excluding tert-OH is 1. The zero-order valence-corrected chi connectivity index (χ0v) is 7.23. The van der Waals surface area contributed by atoms with Crippen molar-refractivity contribution >= 4 is 8.07 Å². The lowest BCUT2D eigenvalue weighted by atomic mass is 10.5. The SMILES string of the molecule is CC(O)C[Si](C)(C)C. The Labute approximate surface area is 52.7 Å². The van der Waals surface area contributed by atoms with Crippen LogP contribution in [0.1, 0.15) is 6.92 Å². The first-order valence-corrected chi connectivity index (χ1v) is 6.80. The molecule has 1 unspecified atom stereocenters. The van der Waals surface area contributed by atoms with Crippen molar-refractivity contribution in [3.63, 3.8) is 0 Å². The molecule has 1 nitrogen and oxygen atoms in total. The first-order chi connectivity index (χ1) is 3.42. The molecule has 0 amide bonds. The Morgan fingerprint density at radius 2 is 1.75 bits per heavy atom. The van der Waals surface area contributed by atoms with E-state index in [1.165, 1.54) is 0 Å². The van der Waals surface area contributed by atoms with Crippen molar-refractivity contribution < 1.29 is 5.11 Å². The average Bonchev–Trinajstić information content (AvgIpc) is 1.21. The topological polar surface area (TPSA) is 20.2 Å². The van der Waals surface area contributed by atoms with Gasteiger partial charge in [0.1, 0.15) is 0 Å². The average molecular weight is 132 g/mol. The summed E-state index contributed by atoms with van der Waals surface area (Å²) < 4.78 is 0. The van der Waals surface area contributed by atoms with Gasteiger partial charge in [0.25, 0.3) is 0 Å². The first kappa shape index (κ1) is 8.18. The molecule has 2 heteroatoms. The molecule has 0 aromatic rings. The molecule has 0 radical (unpaired) electrons. The molecule has 8 heavy (non-hydrogen) atoms. The zero-order valence-electron chi connectivity index (χ0n) is 6.23. The molecule has 1 N–H and O–H groups in total. The van der Waals surface area contributed by atoms with Crippen molar-refractivity contribution in [1.82, 2.24) is 0 Å². The lowest BCUT2D eigenvalue weighted by Gasteiger charge is -2.16. The van der Waals surface area contributed by atoms with Crippen LogP contribution in [-0.2, 0) is 0 Å². The summed E-state index contributed by atoms with van der Waals surface area (Å²) in [6.07, 6.45) is -0.0957. The molecule has 0 rings (SSSR count). The molecule has 0 saturated heterocycles. The van der Waals surface area contributed by atoms with E-state index in [9.17, 15) is 0 Å². The summed E-state index contributed by atoms with van der Waals surface area (Å²) in [5.41, 5.74) is 0. The monoisotopic (exact) mass is 132 g/mol. The highest BCUT2D eigenvalue weighted by atomic mass is 28.3. The van der Waals surface area contributed by atoms with Crippen molar-refractivity contribution in [3.8, 4) is 0 Å². The maximum Gasteiger partial charge on any atom is 0.0488 e. The van der Waals surface area contributed by atoms with E-state index in [1.54, 1.807) is 0 Å². The van der Waals surface area contributed by atoms with Gasteiger partial charge in [-0.05, 0) is 13.0 Å². The highest BCUT2D eigenvalue weighted by Crippen LogP contribution is 2.10. The molecular formula is C6H16OSi. The van der Waals surface area contributed by atoms with Crippen molar-refractivity contribution in [1.29, 1.82) is 0 Å². The summed E-state index contributed by atoms with van der Waals surface area (Å²) in [6, 6.07) is 1.02. The third-order valence-electron chi connectivity index (χ3n) is 0.908. The van der Waals surface area contributed by atoms with Gasteiger partial charge in [-0.15, -0.1) is 0 Å². The van der Waals surface area contributed by atoms with Crippen LogP contribution in [0.25, 0.3) is 0 Å². The van der Waals surface area contributed by atoms with Crippen molar-refractivity contribution in [2.75, 3.05) is 0 Å². The van der Waals surface area contributed by atoms with Gasteiger partial charge in [0.2, 0.25) is 0 Å². The smallest absolute Gasteiger partial charge is 0.0488 e. The van der Waals surface area contributed by atoms with Crippen molar-refractivity contribution in [3.05, 3.63) is 0 Å². The Bertz CT molecular complexity index is 63.4. The van der Waals surface area contributed by atoms with Gasteiger partial charge in [-0.25, -0.2) is 0 Å². The minimum Gasteiger partial charge on any atom is -0.394 e. The normalized spacial score (nSPS) is 16.1. The third-order valence-corrected chi connectivity index (χ3v) is 2.72. The minimum atomic E-state index is -0.970. The molecule has 0 heterocycles. The maximum atomic E-state index is 8.92. The Morgan fingerprint density at radius 1 is 1.38 bits per heavy atom. The summed E-state index contributed by atoms with van der Waals surface area (Å²) in [4.78, 5) is 0. The zero-order chi connectivity index (χ0) is 6.78.